The Morgan fingerprint density at radius 2 is 1.96 bits per heavy atom. The van der Waals surface area contributed by atoms with E-state index in [0.717, 1.165) is 16.5 Å². The molecule has 2 aromatic carbocycles. The predicted octanol–water partition coefficient (Wildman–Crippen LogP) is 3.60. The summed E-state index contributed by atoms with van der Waals surface area (Å²) in [4.78, 5) is 12.4. The maximum Gasteiger partial charge on any atom is 0.287 e. The van der Waals surface area contributed by atoms with E-state index in [1.807, 2.05) is 49.4 Å². The Labute approximate surface area is 146 Å². The van der Waals surface area contributed by atoms with Crippen LogP contribution < -0.4 is 10.1 Å². The summed E-state index contributed by atoms with van der Waals surface area (Å²) >= 11 is 0. The summed E-state index contributed by atoms with van der Waals surface area (Å²) in [6.45, 7) is 2.20. The number of hydrogen-bond acceptors (Lipinski definition) is 4. The van der Waals surface area contributed by atoms with Crippen LogP contribution >= 0.6 is 0 Å². The van der Waals surface area contributed by atoms with Gasteiger partial charge in [-0.1, -0.05) is 42.5 Å². The maximum atomic E-state index is 12.4. The molecule has 0 fully saturated rings. The number of carbonyl (C=O) groups is 1. The van der Waals surface area contributed by atoms with E-state index in [1.54, 1.807) is 13.2 Å². The summed E-state index contributed by atoms with van der Waals surface area (Å²) in [5.41, 5.74) is 2.17. The van der Waals surface area contributed by atoms with Gasteiger partial charge in [0.05, 0.1) is 13.2 Å². The Kier molecular flexibility index (Phi) is 5.05. The van der Waals surface area contributed by atoms with Crippen LogP contribution in [-0.4, -0.2) is 24.7 Å². The zero-order valence-electron chi connectivity index (χ0n) is 14.3. The fraction of sp³-hybridized carbons (Fsp3) is 0.250. The second kappa shape index (κ2) is 7.40. The maximum absolute atomic E-state index is 12.4. The summed E-state index contributed by atoms with van der Waals surface area (Å²) in [6.07, 6.45) is -0.184. The lowest BCUT2D eigenvalue weighted by Crippen LogP contribution is -2.25. The molecule has 5 heteroatoms. The van der Waals surface area contributed by atoms with E-state index in [9.17, 15) is 9.90 Å². The van der Waals surface area contributed by atoms with Gasteiger partial charge in [-0.3, -0.25) is 4.79 Å². The number of amides is 1. The van der Waals surface area contributed by atoms with Gasteiger partial charge in [0.15, 0.2) is 17.1 Å². The fourth-order valence-electron chi connectivity index (χ4n) is 2.84. The average Bonchev–Trinajstić information content (AvgIpc) is 2.99. The molecule has 2 N–H and O–H groups in total. The second-order valence-electron chi connectivity index (χ2n) is 5.86. The molecule has 0 aliphatic rings. The lowest BCUT2D eigenvalue weighted by Gasteiger charge is -2.11. The summed E-state index contributed by atoms with van der Waals surface area (Å²) < 4.78 is 11.0. The third kappa shape index (κ3) is 3.51. The Morgan fingerprint density at radius 3 is 2.68 bits per heavy atom. The van der Waals surface area contributed by atoms with Crippen molar-refractivity contribution in [1.29, 1.82) is 0 Å². The summed E-state index contributed by atoms with van der Waals surface area (Å²) in [7, 11) is 1.57. The van der Waals surface area contributed by atoms with Crippen molar-refractivity contribution in [2.75, 3.05) is 13.7 Å². The summed E-state index contributed by atoms with van der Waals surface area (Å²) in [5, 5.41) is 13.8. The first kappa shape index (κ1) is 17.0. The molecule has 1 unspecified atom stereocenters. The molecular weight excluding hydrogens is 318 g/mol. The Balaban J connectivity index is 1.67. The van der Waals surface area contributed by atoms with Gasteiger partial charge in [0, 0.05) is 17.5 Å². The van der Waals surface area contributed by atoms with Crippen LogP contribution in [-0.2, 0) is 0 Å². The highest BCUT2D eigenvalue weighted by Crippen LogP contribution is 2.32. The third-order valence-electron chi connectivity index (χ3n) is 4.24. The van der Waals surface area contributed by atoms with Crippen LogP contribution in [0.25, 0.3) is 11.0 Å². The monoisotopic (exact) mass is 339 g/mol. The van der Waals surface area contributed by atoms with Crippen LogP contribution in [0.5, 0.6) is 5.75 Å². The molecule has 1 amide bonds. The van der Waals surface area contributed by atoms with Gasteiger partial charge < -0.3 is 19.6 Å². The Hall–Kier alpha value is -2.79. The van der Waals surface area contributed by atoms with Gasteiger partial charge in [-0.15, -0.1) is 0 Å². The van der Waals surface area contributed by atoms with Crippen LogP contribution in [0.4, 0.5) is 0 Å². The number of methoxy groups -OCH3 is 1. The van der Waals surface area contributed by atoms with Crippen molar-refractivity contribution in [3.05, 3.63) is 65.4 Å². The van der Waals surface area contributed by atoms with E-state index >= 15 is 0 Å². The molecule has 5 nitrogen and oxygen atoms in total. The van der Waals surface area contributed by atoms with E-state index in [2.05, 4.69) is 5.32 Å². The van der Waals surface area contributed by atoms with Gasteiger partial charge in [0.2, 0.25) is 0 Å². The number of carbonyl (C=O) groups excluding carboxylic acids is 1. The number of nitrogens with one attached hydrogen (secondary N) is 1. The van der Waals surface area contributed by atoms with Crippen molar-refractivity contribution in [2.24, 2.45) is 0 Å². The molecule has 130 valence electrons. The normalized spacial score (nSPS) is 12.1. The molecule has 3 rings (SSSR count). The minimum Gasteiger partial charge on any atom is -0.493 e. The molecule has 0 spiro atoms. The second-order valence-corrected chi connectivity index (χ2v) is 5.86. The van der Waals surface area contributed by atoms with Crippen LogP contribution in [0, 0.1) is 6.92 Å². The number of hydrogen-bond donors (Lipinski definition) is 2. The largest absolute Gasteiger partial charge is 0.493 e. The van der Waals surface area contributed by atoms with Crippen molar-refractivity contribution < 1.29 is 19.1 Å². The van der Waals surface area contributed by atoms with Crippen molar-refractivity contribution >= 4 is 16.9 Å². The lowest BCUT2D eigenvalue weighted by atomic mass is 10.1. The minimum atomic E-state index is -0.613. The summed E-state index contributed by atoms with van der Waals surface area (Å²) in [6, 6.07) is 14.9. The van der Waals surface area contributed by atoms with Crippen LogP contribution in [0.3, 0.4) is 0 Å². The molecule has 0 bridgehead atoms. The fourth-order valence-corrected chi connectivity index (χ4v) is 2.84. The quantitative estimate of drug-likeness (QED) is 0.720. The number of benzene rings is 2. The molecule has 1 aromatic heterocycles. The number of furan rings is 1. The van der Waals surface area contributed by atoms with Crippen molar-refractivity contribution in [3.8, 4) is 5.75 Å². The van der Waals surface area contributed by atoms with Gasteiger partial charge >= 0.3 is 0 Å². The smallest absolute Gasteiger partial charge is 0.287 e. The third-order valence-corrected chi connectivity index (χ3v) is 4.24. The van der Waals surface area contributed by atoms with Gasteiger partial charge in [0.1, 0.15) is 0 Å². The first-order chi connectivity index (χ1) is 12.1. The molecule has 0 aliphatic carbocycles. The number of aryl methyl sites for hydroxylation is 1. The molecule has 0 radical (unpaired) electrons. The molecule has 0 aliphatic heterocycles. The summed E-state index contributed by atoms with van der Waals surface area (Å²) in [5.74, 6) is 0.573. The van der Waals surface area contributed by atoms with Gasteiger partial charge in [-0.05, 0) is 25.0 Å². The molecule has 25 heavy (non-hydrogen) atoms. The Morgan fingerprint density at radius 1 is 1.20 bits per heavy atom. The van der Waals surface area contributed by atoms with E-state index < -0.39 is 6.10 Å². The first-order valence-corrected chi connectivity index (χ1v) is 8.19. The predicted molar refractivity (Wildman–Crippen MR) is 95.9 cm³/mol. The SMILES string of the molecule is COc1cccc2c(C)c(C(=O)NCCC(O)c3ccccc3)oc12. The molecule has 1 atom stereocenters. The standard InChI is InChI=1S/C20H21NO4/c1-13-15-9-6-10-17(24-2)19(15)25-18(13)20(23)21-12-11-16(22)14-7-4-3-5-8-14/h3-10,16,22H,11-12H2,1-2H3,(H,21,23). The highest BCUT2D eigenvalue weighted by molar-refractivity contribution is 6.00. The van der Waals surface area contributed by atoms with E-state index in [-0.39, 0.29) is 11.7 Å². The zero-order valence-corrected chi connectivity index (χ0v) is 14.3. The Bertz CT molecular complexity index is 870. The van der Waals surface area contributed by atoms with Gasteiger partial charge in [0.25, 0.3) is 5.91 Å². The first-order valence-electron chi connectivity index (χ1n) is 8.19. The van der Waals surface area contributed by atoms with Crippen molar-refractivity contribution in [1.82, 2.24) is 5.32 Å². The van der Waals surface area contributed by atoms with Crippen LogP contribution in [0.15, 0.2) is 52.9 Å². The number of aliphatic hydroxyl groups excluding tert-OH is 1. The number of rotatable bonds is 6. The number of ether oxygens (including phenoxy) is 1. The molecule has 1 heterocycles. The average molecular weight is 339 g/mol. The molecular formula is C20H21NO4. The van der Waals surface area contributed by atoms with Crippen LogP contribution in [0.2, 0.25) is 0 Å². The topological polar surface area (TPSA) is 71.7 Å². The van der Waals surface area contributed by atoms with Crippen molar-refractivity contribution in [3.63, 3.8) is 0 Å². The molecule has 3 aromatic rings. The van der Waals surface area contributed by atoms with Crippen molar-refractivity contribution in [2.45, 2.75) is 19.4 Å². The van der Waals surface area contributed by atoms with Gasteiger partial charge in [-0.25, -0.2) is 0 Å². The molecule has 0 saturated carbocycles. The van der Waals surface area contributed by atoms with Gasteiger partial charge in [-0.2, -0.15) is 0 Å². The number of fused-ring (bicyclic) bond motifs is 1. The number of para-hydroxylation sites is 1. The zero-order chi connectivity index (χ0) is 17.8. The highest BCUT2D eigenvalue weighted by atomic mass is 16.5. The highest BCUT2D eigenvalue weighted by Gasteiger charge is 2.19. The minimum absolute atomic E-state index is 0.272. The molecule has 0 saturated heterocycles. The lowest BCUT2D eigenvalue weighted by molar-refractivity contribution is 0.0916. The van der Waals surface area contributed by atoms with E-state index in [0.29, 0.717) is 24.3 Å². The van der Waals surface area contributed by atoms with E-state index in [1.165, 1.54) is 0 Å². The number of aliphatic hydroxyl groups is 1. The van der Waals surface area contributed by atoms with Crippen LogP contribution in [0.1, 0.15) is 34.2 Å². The van der Waals surface area contributed by atoms with E-state index in [4.69, 9.17) is 9.15 Å².